The predicted octanol–water partition coefficient (Wildman–Crippen LogP) is 1.96. The number of alkyl halides is 1. The lowest BCUT2D eigenvalue weighted by molar-refractivity contribution is 0.0810. The first kappa shape index (κ1) is 13.1. The van der Waals surface area contributed by atoms with E-state index in [-0.39, 0.29) is 0 Å². The van der Waals surface area contributed by atoms with Crippen molar-refractivity contribution in [2.75, 3.05) is 18.0 Å². The van der Waals surface area contributed by atoms with Crippen molar-refractivity contribution in [3.63, 3.8) is 0 Å². The van der Waals surface area contributed by atoms with Gasteiger partial charge in [0.2, 0.25) is 12.2 Å². The van der Waals surface area contributed by atoms with Gasteiger partial charge in [0.1, 0.15) is 0 Å². The molecule has 1 atom stereocenters. The molecule has 0 aliphatic carbocycles. The standard InChI is InChI=1S/C13H20FN3O/c1-9(2)16-11-7-17(8-11)12-4-5-13(15-6-12)18-10(3)14/h4-6,9-11,16H,7-8H2,1-3H3. The molecule has 0 saturated carbocycles. The van der Waals surface area contributed by atoms with Crippen LogP contribution in [0.25, 0.3) is 0 Å². The largest absolute Gasteiger partial charge is 0.444 e. The topological polar surface area (TPSA) is 37.4 Å². The van der Waals surface area contributed by atoms with Gasteiger partial charge in [-0.1, -0.05) is 13.8 Å². The van der Waals surface area contributed by atoms with Crippen molar-refractivity contribution < 1.29 is 9.13 Å². The Kier molecular flexibility index (Phi) is 4.01. The van der Waals surface area contributed by atoms with Gasteiger partial charge in [-0.3, -0.25) is 0 Å². The number of rotatable bonds is 5. The van der Waals surface area contributed by atoms with Crippen LogP contribution in [0.4, 0.5) is 10.1 Å². The molecule has 100 valence electrons. The molecule has 1 aliphatic heterocycles. The van der Waals surface area contributed by atoms with E-state index in [9.17, 15) is 4.39 Å². The number of nitrogens with one attached hydrogen (secondary N) is 1. The van der Waals surface area contributed by atoms with Crippen LogP contribution in [0.1, 0.15) is 20.8 Å². The fourth-order valence-electron chi connectivity index (χ4n) is 2.06. The SMILES string of the molecule is CC(C)NC1CN(c2ccc(OC(C)F)nc2)C1. The first-order valence-corrected chi connectivity index (χ1v) is 6.32. The maximum atomic E-state index is 12.6. The lowest BCUT2D eigenvalue weighted by Crippen LogP contribution is -2.59. The molecule has 1 N–H and O–H groups in total. The summed E-state index contributed by atoms with van der Waals surface area (Å²) in [4.78, 5) is 6.32. The van der Waals surface area contributed by atoms with Crippen molar-refractivity contribution in [2.45, 2.75) is 39.2 Å². The predicted molar refractivity (Wildman–Crippen MR) is 69.7 cm³/mol. The van der Waals surface area contributed by atoms with Crippen LogP contribution in [0.2, 0.25) is 0 Å². The number of hydrogen-bond donors (Lipinski definition) is 1. The minimum Gasteiger partial charge on any atom is -0.444 e. The fourth-order valence-corrected chi connectivity index (χ4v) is 2.06. The van der Waals surface area contributed by atoms with Gasteiger partial charge in [0.25, 0.3) is 0 Å². The summed E-state index contributed by atoms with van der Waals surface area (Å²) in [6.07, 6.45) is 0.399. The van der Waals surface area contributed by atoms with Crippen LogP contribution in [0.3, 0.4) is 0 Å². The molecule has 2 rings (SSSR count). The van der Waals surface area contributed by atoms with Crippen LogP contribution in [-0.4, -0.2) is 36.5 Å². The molecule has 0 aromatic carbocycles. The van der Waals surface area contributed by atoms with E-state index >= 15 is 0 Å². The van der Waals surface area contributed by atoms with Crippen LogP contribution in [0.5, 0.6) is 5.88 Å². The molecule has 0 amide bonds. The Morgan fingerprint density at radius 1 is 1.39 bits per heavy atom. The van der Waals surface area contributed by atoms with Crippen molar-refractivity contribution in [3.8, 4) is 5.88 Å². The number of nitrogens with zero attached hydrogens (tertiary/aromatic N) is 2. The zero-order valence-electron chi connectivity index (χ0n) is 11.1. The minimum atomic E-state index is -1.33. The third-order valence-corrected chi connectivity index (χ3v) is 2.82. The smallest absolute Gasteiger partial charge is 0.237 e. The van der Waals surface area contributed by atoms with Gasteiger partial charge in [-0.15, -0.1) is 0 Å². The molecule has 1 saturated heterocycles. The number of hydrogen-bond acceptors (Lipinski definition) is 4. The number of aromatic nitrogens is 1. The normalized spacial score (nSPS) is 17.7. The van der Waals surface area contributed by atoms with Crippen molar-refractivity contribution in [1.29, 1.82) is 0 Å². The first-order chi connectivity index (χ1) is 8.54. The van der Waals surface area contributed by atoms with Crippen molar-refractivity contribution >= 4 is 5.69 Å². The highest BCUT2D eigenvalue weighted by Crippen LogP contribution is 2.22. The molecule has 1 unspecified atom stereocenters. The second-order valence-electron chi connectivity index (χ2n) is 4.94. The van der Waals surface area contributed by atoms with Gasteiger partial charge in [-0.25, -0.2) is 9.37 Å². The zero-order chi connectivity index (χ0) is 13.1. The molecule has 5 heteroatoms. The van der Waals surface area contributed by atoms with E-state index < -0.39 is 6.36 Å². The number of anilines is 1. The van der Waals surface area contributed by atoms with Gasteiger partial charge in [0.15, 0.2) is 0 Å². The zero-order valence-corrected chi connectivity index (χ0v) is 11.1. The lowest BCUT2D eigenvalue weighted by atomic mass is 10.1. The molecule has 1 aromatic rings. The first-order valence-electron chi connectivity index (χ1n) is 6.32. The van der Waals surface area contributed by atoms with E-state index in [2.05, 4.69) is 29.0 Å². The quantitative estimate of drug-likeness (QED) is 0.870. The summed E-state index contributed by atoms with van der Waals surface area (Å²) in [5.41, 5.74) is 1.05. The summed E-state index contributed by atoms with van der Waals surface area (Å²) >= 11 is 0. The second-order valence-corrected chi connectivity index (χ2v) is 4.94. The van der Waals surface area contributed by atoms with Crippen LogP contribution < -0.4 is 15.0 Å². The molecular formula is C13H20FN3O. The highest BCUT2D eigenvalue weighted by molar-refractivity contribution is 5.48. The third kappa shape index (κ3) is 3.32. The average Bonchev–Trinajstić information content (AvgIpc) is 2.23. The van der Waals surface area contributed by atoms with E-state index in [1.807, 2.05) is 6.07 Å². The van der Waals surface area contributed by atoms with Gasteiger partial charge >= 0.3 is 0 Å². The highest BCUT2D eigenvalue weighted by atomic mass is 19.1. The number of ether oxygens (including phenoxy) is 1. The molecule has 2 heterocycles. The Morgan fingerprint density at radius 3 is 2.61 bits per heavy atom. The van der Waals surface area contributed by atoms with E-state index in [0.717, 1.165) is 18.8 Å². The third-order valence-electron chi connectivity index (χ3n) is 2.82. The average molecular weight is 253 g/mol. The number of pyridine rings is 1. The molecule has 4 nitrogen and oxygen atoms in total. The van der Waals surface area contributed by atoms with E-state index in [4.69, 9.17) is 4.74 Å². The molecule has 18 heavy (non-hydrogen) atoms. The number of halogens is 1. The fraction of sp³-hybridized carbons (Fsp3) is 0.615. The van der Waals surface area contributed by atoms with Crippen LogP contribution in [0, 0.1) is 0 Å². The van der Waals surface area contributed by atoms with Crippen LogP contribution in [-0.2, 0) is 0 Å². The summed E-state index contributed by atoms with van der Waals surface area (Å²) in [5, 5.41) is 3.48. The summed E-state index contributed by atoms with van der Waals surface area (Å²) in [6.45, 7) is 7.61. The molecular weight excluding hydrogens is 233 g/mol. The van der Waals surface area contributed by atoms with Crippen molar-refractivity contribution in [3.05, 3.63) is 18.3 Å². The van der Waals surface area contributed by atoms with Crippen molar-refractivity contribution in [2.24, 2.45) is 0 Å². The Morgan fingerprint density at radius 2 is 2.11 bits per heavy atom. The molecule has 1 fully saturated rings. The Balaban J connectivity index is 1.85. The molecule has 0 bridgehead atoms. The molecule has 0 spiro atoms. The summed E-state index contributed by atoms with van der Waals surface area (Å²) in [7, 11) is 0. The maximum Gasteiger partial charge on any atom is 0.237 e. The van der Waals surface area contributed by atoms with Crippen LogP contribution >= 0.6 is 0 Å². The van der Waals surface area contributed by atoms with Crippen molar-refractivity contribution in [1.82, 2.24) is 10.3 Å². The van der Waals surface area contributed by atoms with Gasteiger partial charge < -0.3 is 15.0 Å². The molecule has 0 radical (unpaired) electrons. The van der Waals surface area contributed by atoms with Gasteiger partial charge in [-0.05, 0) is 6.07 Å². The Hall–Kier alpha value is -1.36. The Bertz CT molecular complexity index is 374. The Labute approximate surface area is 107 Å². The lowest BCUT2D eigenvalue weighted by Gasteiger charge is -2.42. The molecule has 1 aliphatic rings. The second kappa shape index (κ2) is 5.52. The summed E-state index contributed by atoms with van der Waals surface area (Å²) in [5.74, 6) is 0.325. The highest BCUT2D eigenvalue weighted by Gasteiger charge is 2.27. The summed E-state index contributed by atoms with van der Waals surface area (Å²) < 4.78 is 17.5. The summed E-state index contributed by atoms with van der Waals surface area (Å²) in [6, 6.07) is 4.68. The van der Waals surface area contributed by atoms with E-state index in [1.165, 1.54) is 6.92 Å². The van der Waals surface area contributed by atoms with Crippen LogP contribution in [0.15, 0.2) is 18.3 Å². The van der Waals surface area contributed by atoms with E-state index in [0.29, 0.717) is 18.0 Å². The minimum absolute atomic E-state index is 0.325. The maximum absolute atomic E-state index is 12.6. The van der Waals surface area contributed by atoms with Gasteiger partial charge in [-0.2, -0.15) is 0 Å². The van der Waals surface area contributed by atoms with Gasteiger partial charge in [0, 0.05) is 38.2 Å². The molecule has 1 aromatic heterocycles. The monoisotopic (exact) mass is 253 g/mol. The van der Waals surface area contributed by atoms with Gasteiger partial charge in [0.05, 0.1) is 11.9 Å². The van der Waals surface area contributed by atoms with E-state index in [1.54, 1.807) is 12.3 Å².